The van der Waals surface area contributed by atoms with Crippen molar-refractivity contribution in [1.29, 1.82) is 0 Å². The largest absolute Gasteiger partial charge is 0.391 e. The van der Waals surface area contributed by atoms with Crippen LogP contribution in [-0.4, -0.2) is 47.0 Å². The standard InChI is InChI=1S/C18H21N3O3S2/c1-10(22)15-2-3-16(26-15)17(24)20-13-6-11-8-21(18-19-4-5-25-18)9-12(11)7-14(13)23/h2-5,11-14,23H,6-9H2,1H3,(H,20,24)/t11-,12+,13-,14-/m0/s1. The van der Waals surface area contributed by atoms with Gasteiger partial charge in [-0.2, -0.15) is 0 Å². The molecule has 1 saturated carbocycles. The molecule has 4 atom stereocenters. The summed E-state index contributed by atoms with van der Waals surface area (Å²) in [6.45, 7) is 3.33. The molecular weight excluding hydrogens is 370 g/mol. The molecule has 2 aromatic heterocycles. The van der Waals surface area contributed by atoms with Crippen LogP contribution in [-0.2, 0) is 0 Å². The van der Waals surface area contributed by atoms with Crippen molar-refractivity contribution in [2.75, 3.05) is 18.0 Å². The number of carbonyl (C=O) groups excluding carboxylic acids is 2. The quantitative estimate of drug-likeness (QED) is 0.782. The first-order valence-corrected chi connectivity index (χ1v) is 10.4. The summed E-state index contributed by atoms with van der Waals surface area (Å²) in [4.78, 5) is 31.7. The molecule has 1 aliphatic carbocycles. The second-order valence-electron chi connectivity index (χ2n) is 7.08. The van der Waals surface area contributed by atoms with Gasteiger partial charge in [0.2, 0.25) is 0 Å². The van der Waals surface area contributed by atoms with E-state index in [1.165, 1.54) is 18.3 Å². The molecule has 2 N–H and O–H groups in total. The number of thiazole rings is 1. The lowest BCUT2D eigenvalue weighted by molar-refractivity contribution is 0.0463. The zero-order chi connectivity index (χ0) is 18.3. The smallest absolute Gasteiger partial charge is 0.261 e. The number of hydrogen-bond donors (Lipinski definition) is 2. The van der Waals surface area contributed by atoms with Crippen molar-refractivity contribution in [2.45, 2.75) is 31.9 Å². The summed E-state index contributed by atoms with van der Waals surface area (Å²) in [5.41, 5.74) is 0. The third kappa shape index (κ3) is 3.41. The van der Waals surface area contributed by atoms with Gasteiger partial charge in [0.1, 0.15) is 0 Å². The van der Waals surface area contributed by atoms with Crippen LogP contribution in [0.1, 0.15) is 39.1 Å². The molecule has 6 nitrogen and oxygen atoms in total. The van der Waals surface area contributed by atoms with Crippen molar-refractivity contribution in [1.82, 2.24) is 10.3 Å². The normalized spacial score (nSPS) is 28.0. The summed E-state index contributed by atoms with van der Waals surface area (Å²) < 4.78 is 0. The fourth-order valence-corrected chi connectivity index (χ4v) is 5.47. The lowest BCUT2D eigenvalue weighted by Gasteiger charge is -2.35. The van der Waals surface area contributed by atoms with Crippen LogP contribution in [0.25, 0.3) is 0 Å². The van der Waals surface area contributed by atoms with Crippen molar-refractivity contribution in [3.63, 3.8) is 0 Å². The molecule has 1 amide bonds. The van der Waals surface area contributed by atoms with E-state index in [0.29, 0.717) is 28.0 Å². The van der Waals surface area contributed by atoms with Crippen LogP contribution in [0, 0.1) is 11.8 Å². The number of nitrogens with zero attached hydrogens (tertiary/aromatic N) is 2. The van der Waals surface area contributed by atoms with E-state index >= 15 is 0 Å². The maximum absolute atomic E-state index is 12.5. The van der Waals surface area contributed by atoms with Crippen molar-refractivity contribution < 1.29 is 14.7 Å². The Morgan fingerprint density at radius 2 is 1.96 bits per heavy atom. The summed E-state index contributed by atoms with van der Waals surface area (Å²) in [6.07, 6.45) is 2.74. The Hall–Kier alpha value is -1.77. The monoisotopic (exact) mass is 391 g/mol. The highest BCUT2D eigenvalue weighted by Gasteiger charge is 2.42. The highest BCUT2D eigenvalue weighted by molar-refractivity contribution is 7.16. The van der Waals surface area contributed by atoms with Gasteiger partial charge in [0.05, 0.1) is 21.9 Å². The summed E-state index contributed by atoms with van der Waals surface area (Å²) in [5.74, 6) is 0.638. The van der Waals surface area contributed by atoms with E-state index in [4.69, 9.17) is 0 Å². The second kappa shape index (κ2) is 7.09. The molecule has 0 unspecified atom stereocenters. The van der Waals surface area contributed by atoms with E-state index in [-0.39, 0.29) is 17.7 Å². The summed E-state index contributed by atoms with van der Waals surface area (Å²) in [6, 6.07) is 3.11. The summed E-state index contributed by atoms with van der Waals surface area (Å²) in [5, 5.41) is 16.5. The van der Waals surface area contributed by atoms with Crippen molar-refractivity contribution in [3.05, 3.63) is 33.5 Å². The van der Waals surface area contributed by atoms with Crippen LogP contribution >= 0.6 is 22.7 Å². The minimum atomic E-state index is -0.538. The SMILES string of the molecule is CC(=O)c1ccc(C(=O)N[C@H]2C[C@H]3CN(c4nccs4)C[C@H]3C[C@@H]2O)s1. The van der Waals surface area contributed by atoms with Gasteiger partial charge in [0, 0.05) is 24.7 Å². The Labute approximate surface area is 159 Å². The highest BCUT2D eigenvalue weighted by atomic mass is 32.1. The minimum Gasteiger partial charge on any atom is -0.391 e. The maximum Gasteiger partial charge on any atom is 0.261 e. The van der Waals surface area contributed by atoms with Crippen LogP contribution in [0.2, 0.25) is 0 Å². The zero-order valence-corrected chi connectivity index (χ0v) is 16.1. The molecule has 1 aliphatic heterocycles. The number of Topliss-reactive ketones (excluding diaryl/α,β-unsaturated/α-hetero) is 1. The van der Waals surface area contributed by atoms with Gasteiger partial charge in [-0.05, 0) is 43.7 Å². The topological polar surface area (TPSA) is 82.5 Å². The van der Waals surface area contributed by atoms with Gasteiger partial charge >= 0.3 is 0 Å². The first-order valence-electron chi connectivity index (χ1n) is 8.75. The third-order valence-electron chi connectivity index (χ3n) is 5.32. The number of thiophene rings is 1. The molecule has 0 spiro atoms. The number of aliphatic hydroxyl groups excluding tert-OH is 1. The first kappa shape index (κ1) is 17.6. The Bertz CT molecular complexity index is 804. The van der Waals surface area contributed by atoms with E-state index in [9.17, 15) is 14.7 Å². The molecule has 26 heavy (non-hydrogen) atoms. The number of carbonyl (C=O) groups is 2. The number of aromatic nitrogens is 1. The lowest BCUT2D eigenvalue weighted by atomic mass is 9.77. The number of amides is 1. The van der Waals surface area contributed by atoms with Gasteiger partial charge < -0.3 is 15.3 Å². The minimum absolute atomic E-state index is 0.0390. The second-order valence-corrected chi connectivity index (χ2v) is 9.04. The van der Waals surface area contributed by atoms with Gasteiger partial charge in [-0.25, -0.2) is 4.98 Å². The molecule has 0 radical (unpaired) electrons. The fourth-order valence-electron chi connectivity index (χ4n) is 4.00. The Morgan fingerprint density at radius 1 is 1.23 bits per heavy atom. The van der Waals surface area contributed by atoms with E-state index in [1.807, 2.05) is 11.6 Å². The zero-order valence-electron chi connectivity index (χ0n) is 14.4. The number of rotatable bonds is 4. The van der Waals surface area contributed by atoms with Crippen molar-refractivity contribution in [3.8, 4) is 0 Å². The average Bonchev–Trinajstić information content (AvgIpc) is 3.34. The summed E-state index contributed by atoms with van der Waals surface area (Å²) in [7, 11) is 0. The Balaban J connectivity index is 1.40. The van der Waals surface area contributed by atoms with Gasteiger partial charge in [-0.15, -0.1) is 22.7 Å². The molecule has 2 aliphatic rings. The molecule has 2 aromatic rings. The molecule has 2 fully saturated rings. The van der Waals surface area contributed by atoms with Crippen LogP contribution < -0.4 is 10.2 Å². The lowest BCUT2D eigenvalue weighted by Crippen LogP contribution is -2.49. The van der Waals surface area contributed by atoms with Gasteiger partial charge in [-0.3, -0.25) is 9.59 Å². The Morgan fingerprint density at radius 3 is 2.62 bits per heavy atom. The van der Waals surface area contributed by atoms with Gasteiger partial charge in [0.15, 0.2) is 10.9 Å². The van der Waals surface area contributed by atoms with Crippen LogP contribution in [0.4, 0.5) is 5.13 Å². The van der Waals surface area contributed by atoms with Crippen LogP contribution in [0.15, 0.2) is 23.7 Å². The van der Waals surface area contributed by atoms with E-state index in [0.717, 1.165) is 24.6 Å². The first-order chi connectivity index (χ1) is 12.5. The van der Waals surface area contributed by atoms with Gasteiger partial charge in [-0.1, -0.05) is 0 Å². The third-order valence-corrected chi connectivity index (χ3v) is 7.34. The fraction of sp³-hybridized carbons (Fsp3) is 0.500. The number of hydrogen-bond acceptors (Lipinski definition) is 7. The molecule has 1 saturated heterocycles. The number of aliphatic hydroxyl groups is 1. The number of ketones is 1. The molecule has 0 bridgehead atoms. The van der Waals surface area contributed by atoms with Crippen LogP contribution in [0.3, 0.4) is 0 Å². The number of anilines is 1. The van der Waals surface area contributed by atoms with Crippen LogP contribution in [0.5, 0.6) is 0 Å². The average molecular weight is 392 g/mol. The van der Waals surface area contributed by atoms with E-state index < -0.39 is 6.10 Å². The molecule has 4 rings (SSSR count). The maximum atomic E-state index is 12.5. The molecule has 138 valence electrons. The van der Waals surface area contributed by atoms with E-state index in [1.54, 1.807) is 23.5 Å². The molecule has 0 aromatic carbocycles. The number of nitrogens with one attached hydrogen (secondary N) is 1. The van der Waals surface area contributed by atoms with Gasteiger partial charge in [0.25, 0.3) is 5.91 Å². The predicted molar refractivity (Wildman–Crippen MR) is 102 cm³/mol. The van der Waals surface area contributed by atoms with Crippen molar-refractivity contribution >= 4 is 39.5 Å². The predicted octanol–water partition coefficient (Wildman–Crippen LogP) is 2.41. The molecule has 3 heterocycles. The van der Waals surface area contributed by atoms with Crippen molar-refractivity contribution in [2.24, 2.45) is 11.8 Å². The summed E-state index contributed by atoms with van der Waals surface area (Å²) >= 11 is 2.83. The number of fused-ring (bicyclic) bond motifs is 1. The van der Waals surface area contributed by atoms with E-state index in [2.05, 4.69) is 15.2 Å². The molecule has 8 heteroatoms. The molecular formula is C18H21N3O3S2. The Kier molecular flexibility index (Phi) is 4.81. The highest BCUT2D eigenvalue weighted by Crippen LogP contribution is 2.39.